The van der Waals surface area contributed by atoms with Crippen LogP contribution in [-0.4, -0.2) is 26.3 Å². The highest BCUT2D eigenvalue weighted by Gasteiger charge is 2.18. The molecule has 0 atom stereocenters. The number of hydrogen-bond acceptors (Lipinski definition) is 5. The molecule has 150 valence electrons. The molecule has 3 N–H and O–H groups in total. The average Bonchev–Trinajstić information content (AvgIpc) is 2.64. The maximum atomic E-state index is 12.2. The normalized spacial score (nSPS) is 11.5. The van der Waals surface area contributed by atoms with Crippen LogP contribution >= 0.6 is 0 Å². The zero-order chi connectivity index (χ0) is 20.7. The van der Waals surface area contributed by atoms with Crippen molar-refractivity contribution in [1.29, 1.82) is 0 Å². The number of nitrogens with one attached hydrogen (secondary N) is 2. The standard InChI is InChI=1S/C20H26N4O4/c1-4-5-6-7-8-16(25)23-22-14(3)17-18(26)21-20(28)24(19(17)27)15-11-9-13(2)10-12-15/h9-12,27H,4-8H2,1-3H3,(H,23,25)(H,21,26,28)/b22-14+. The number of hydrogen-bond donors (Lipinski definition) is 3. The summed E-state index contributed by atoms with van der Waals surface area (Å²) in [7, 11) is 0. The highest BCUT2D eigenvalue weighted by Crippen LogP contribution is 2.17. The summed E-state index contributed by atoms with van der Waals surface area (Å²) < 4.78 is 0.988. The lowest BCUT2D eigenvalue weighted by molar-refractivity contribution is -0.121. The SMILES string of the molecule is CCCCCCC(=O)N/N=C(\C)c1c(O)n(-c2ccc(C)cc2)c(=O)[nH]c1=O. The van der Waals surface area contributed by atoms with Gasteiger partial charge in [-0.05, 0) is 32.4 Å². The summed E-state index contributed by atoms with van der Waals surface area (Å²) in [5, 5.41) is 14.5. The Morgan fingerprint density at radius 2 is 1.86 bits per heavy atom. The number of unbranched alkanes of at least 4 members (excludes halogenated alkanes) is 3. The maximum absolute atomic E-state index is 12.2. The van der Waals surface area contributed by atoms with Crippen LogP contribution < -0.4 is 16.7 Å². The Morgan fingerprint density at radius 1 is 1.18 bits per heavy atom. The van der Waals surface area contributed by atoms with Crippen molar-refractivity contribution in [3.8, 4) is 11.6 Å². The molecule has 2 aromatic rings. The van der Waals surface area contributed by atoms with Gasteiger partial charge in [0, 0.05) is 6.42 Å². The largest absolute Gasteiger partial charge is 0.493 e. The van der Waals surface area contributed by atoms with E-state index in [0.29, 0.717) is 12.1 Å². The Labute approximate surface area is 162 Å². The molecule has 0 saturated carbocycles. The fourth-order valence-corrected chi connectivity index (χ4v) is 2.75. The summed E-state index contributed by atoms with van der Waals surface area (Å²) in [5.41, 5.74) is 2.17. The van der Waals surface area contributed by atoms with Crippen LogP contribution in [0.5, 0.6) is 5.88 Å². The molecule has 0 aliphatic rings. The van der Waals surface area contributed by atoms with Gasteiger partial charge in [-0.2, -0.15) is 5.10 Å². The van der Waals surface area contributed by atoms with E-state index in [1.807, 2.05) is 6.92 Å². The van der Waals surface area contributed by atoms with E-state index in [2.05, 4.69) is 22.4 Å². The van der Waals surface area contributed by atoms with Gasteiger partial charge in [0.2, 0.25) is 11.8 Å². The second kappa shape index (κ2) is 9.68. The summed E-state index contributed by atoms with van der Waals surface area (Å²) in [6, 6.07) is 6.88. The van der Waals surface area contributed by atoms with E-state index in [-0.39, 0.29) is 17.2 Å². The van der Waals surface area contributed by atoms with Gasteiger partial charge < -0.3 is 5.11 Å². The number of aryl methyl sites for hydroxylation is 1. The monoisotopic (exact) mass is 386 g/mol. The molecule has 1 aromatic carbocycles. The molecular formula is C20H26N4O4. The molecule has 0 aliphatic heterocycles. The lowest BCUT2D eigenvalue weighted by Gasteiger charge is -2.11. The maximum Gasteiger partial charge on any atom is 0.335 e. The number of rotatable bonds is 8. The van der Waals surface area contributed by atoms with Crippen molar-refractivity contribution in [3.05, 3.63) is 56.2 Å². The minimum Gasteiger partial charge on any atom is -0.493 e. The van der Waals surface area contributed by atoms with Crippen LogP contribution in [0, 0.1) is 6.92 Å². The van der Waals surface area contributed by atoms with Gasteiger partial charge >= 0.3 is 5.69 Å². The van der Waals surface area contributed by atoms with E-state index in [1.54, 1.807) is 24.3 Å². The van der Waals surface area contributed by atoms with Gasteiger partial charge in [0.15, 0.2) is 0 Å². The molecule has 0 unspecified atom stereocenters. The third kappa shape index (κ3) is 5.18. The topological polar surface area (TPSA) is 117 Å². The lowest BCUT2D eigenvalue weighted by Crippen LogP contribution is -2.33. The van der Waals surface area contributed by atoms with Crippen molar-refractivity contribution < 1.29 is 9.90 Å². The first-order chi connectivity index (χ1) is 13.3. The molecule has 1 amide bonds. The summed E-state index contributed by atoms with van der Waals surface area (Å²) in [4.78, 5) is 38.4. The van der Waals surface area contributed by atoms with Crippen molar-refractivity contribution in [3.63, 3.8) is 0 Å². The van der Waals surface area contributed by atoms with Gasteiger partial charge in [0.05, 0.1) is 11.4 Å². The summed E-state index contributed by atoms with van der Waals surface area (Å²) in [5.74, 6) is -0.797. The van der Waals surface area contributed by atoms with E-state index in [0.717, 1.165) is 35.8 Å². The van der Waals surface area contributed by atoms with Crippen LogP contribution in [0.15, 0.2) is 39.0 Å². The molecule has 1 heterocycles. The minimum absolute atomic E-state index is 0.0986. The number of nitrogens with zero attached hydrogens (tertiary/aromatic N) is 2. The quantitative estimate of drug-likeness (QED) is 0.367. The van der Waals surface area contributed by atoms with Crippen molar-refractivity contribution in [2.45, 2.75) is 52.9 Å². The van der Waals surface area contributed by atoms with Crippen LogP contribution in [0.2, 0.25) is 0 Å². The van der Waals surface area contributed by atoms with Crippen LogP contribution in [0.4, 0.5) is 0 Å². The molecular weight excluding hydrogens is 360 g/mol. The Morgan fingerprint density at radius 3 is 2.50 bits per heavy atom. The van der Waals surface area contributed by atoms with Gasteiger partial charge in [-0.3, -0.25) is 14.6 Å². The molecule has 28 heavy (non-hydrogen) atoms. The third-order valence-corrected chi connectivity index (χ3v) is 4.35. The zero-order valence-electron chi connectivity index (χ0n) is 16.4. The molecule has 0 fully saturated rings. The van der Waals surface area contributed by atoms with Gasteiger partial charge in [0.25, 0.3) is 5.56 Å². The lowest BCUT2D eigenvalue weighted by atomic mass is 10.1. The summed E-state index contributed by atoms with van der Waals surface area (Å²) in [6.07, 6.45) is 4.21. The number of benzene rings is 1. The van der Waals surface area contributed by atoms with Crippen molar-refractivity contribution in [2.24, 2.45) is 5.10 Å². The number of H-pyrrole nitrogens is 1. The van der Waals surface area contributed by atoms with Crippen LogP contribution in [0.25, 0.3) is 5.69 Å². The summed E-state index contributed by atoms with van der Waals surface area (Å²) >= 11 is 0. The van der Waals surface area contributed by atoms with Gasteiger partial charge in [-0.25, -0.2) is 14.8 Å². The van der Waals surface area contributed by atoms with Gasteiger partial charge in [-0.15, -0.1) is 0 Å². The van der Waals surface area contributed by atoms with Gasteiger partial charge in [-0.1, -0.05) is 43.9 Å². The molecule has 8 heteroatoms. The number of aromatic nitrogens is 2. The first-order valence-corrected chi connectivity index (χ1v) is 9.34. The molecule has 0 bridgehead atoms. The van der Waals surface area contributed by atoms with Crippen molar-refractivity contribution >= 4 is 11.6 Å². The molecule has 0 aliphatic carbocycles. The van der Waals surface area contributed by atoms with Crippen LogP contribution in [0.3, 0.4) is 0 Å². The average molecular weight is 386 g/mol. The highest BCUT2D eigenvalue weighted by molar-refractivity contribution is 6.00. The molecule has 8 nitrogen and oxygen atoms in total. The predicted molar refractivity (Wildman–Crippen MR) is 108 cm³/mol. The first-order valence-electron chi connectivity index (χ1n) is 9.34. The van der Waals surface area contributed by atoms with Crippen LogP contribution in [0.1, 0.15) is 57.1 Å². The molecule has 0 saturated heterocycles. The number of hydrazone groups is 1. The van der Waals surface area contributed by atoms with E-state index < -0.39 is 17.1 Å². The van der Waals surface area contributed by atoms with Crippen LogP contribution in [-0.2, 0) is 4.79 Å². The molecule has 1 aromatic heterocycles. The Bertz CT molecular complexity index is 971. The van der Waals surface area contributed by atoms with Crippen molar-refractivity contribution in [2.75, 3.05) is 0 Å². The third-order valence-electron chi connectivity index (χ3n) is 4.35. The zero-order valence-corrected chi connectivity index (χ0v) is 16.4. The Balaban J connectivity index is 2.28. The summed E-state index contributed by atoms with van der Waals surface area (Å²) in [6.45, 7) is 5.46. The van der Waals surface area contributed by atoms with E-state index in [4.69, 9.17) is 0 Å². The smallest absolute Gasteiger partial charge is 0.335 e. The second-order valence-corrected chi connectivity index (χ2v) is 6.67. The number of amides is 1. The molecule has 0 radical (unpaired) electrons. The number of carbonyl (C=O) groups excluding carboxylic acids is 1. The number of aromatic hydroxyl groups is 1. The van der Waals surface area contributed by atoms with Gasteiger partial charge in [0.1, 0.15) is 5.56 Å². The molecule has 0 spiro atoms. The Hall–Kier alpha value is -3.16. The highest BCUT2D eigenvalue weighted by atomic mass is 16.3. The first kappa shape index (κ1) is 21.1. The number of aromatic amines is 1. The fraction of sp³-hybridized carbons (Fsp3) is 0.400. The Kier molecular flexibility index (Phi) is 7.31. The van der Waals surface area contributed by atoms with E-state index in [9.17, 15) is 19.5 Å². The fourth-order valence-electron chi connectivity index (χ4n) is 2.75. The second-order valence-electron chi connectivity index (χ2n) is 6.67. The number of carbonyl (C=O) groups is 1. The molecule has 2 rings (SSSR count). The minimum atomic E-state index is -0.774. The van der Waals surface area contributed by atoms with E-state index >= 15 is 0 Å². The van der Waals surface area contributed by atoms with Crippen molar-refractivity contribution in [1.82, 2.24) is 15.0 Å². The van der Waals surface area contributed by atoms with E-state index in [1.165, 1.54) is 6.92 Å². The predicted octanol–water partition coefficient (Wildman–Crippen LogP) is 2.35.